The van der Waals surface area contributed by atoms with Gasteiger partial charge in [-0.3, -0.25) is 0 Å². The van der Waals surface area contributed by atoms with Crippen molar-refractivity contribution < 1.29 is 48.8 Å². The van der Waals surface area contributed by atoms with E-state index in [-0.39, 0.29) is 44.1 Å². The minimum Gasteiger partial charge on any atom is -0.625 e. The molecule has 0 spiro atoms. The molecule has 1 radical (unpaired) electrons. The minimum absolute atomic E-state index is 0. The van der Waals surface area contributed by atoms with Gasteiger partial charge in [0.2, 0.25) is 0 Å². The van der Waals surface area contributed by atoms with Crippen molar-refractivity contribution in [3.8, 4) is 5.75 Å². The van der Waals surface area contributed by atoms with Crippen LogP contribution in [0.2, 0.25) is 0 Å². The van der Waals surface area contributed by atoms with Gasteiger partial charge in [0, 0.05) is 50.8 Å². The largest absolute Gasteiger partial charge is 0.625 e. The van der Waals surface area contributed by atoms with E-state index in [0.717, 1.165) is 12.3 Å². The summed E-state index contributed by atoms with van der Waals surface area (Å²) in [4.78, 5) is 0. The van der Waals surface area contributed by atoms with Crippen LogP contribution in [0.5, 0.6) is 5.75 Å². The maximum Gasteiger partial charge on any atom is 0.118 e. The number of ether oxygens (including phenoxy) is 1. The fraction of sp³-hybridized carbons (Fsp3) is 0.333. The molecule has 0 atom stereocenters. The van der Waals surface area contributed by atoms with Crippen LogP contribution >= 0.6 is 0 Å². The zero-order valence-corrected chi connectivity index (χ0v) is 11.8. The van der Waals surface area contributed by atoms with E-state index < -0.39 is 0 Å². The summed E-state index contributed by atoms with van der Waals surface area (Å²) in [5, 5.41) is 4.14. The Morgan fingerprint density at radius 2 is 2.25 bits per heavy atom. The zero-order chi connectivity index (χ0) is 7.68. The molecular formula is C9H10AcNO-. The monoisotopic (exact) mass is 375 g/mol. The molecule has 1 aliphatic rings. The van der Waals surface area contributed by atoms with Crippen molar-refractivity contribution in [2.45, 2.75) is 13.5 Å². The maximum absolute atomic E-state index is 5.31. The second-order valence-electron chi connectivity index (χ2n) is 2.77. The molecule has 0 N–H and O–H groups in total. The summed E-state index contributed by atoms with van der Waals surface area (Å²) < 4.78 is 5.31. The van der Waals surface area contributed by atoms with Crippen molar-refractivity contribution in [3.05, 3.63) is 34.6 Å². The summed E-state index contributed by atoms with van der Waals surface area (Å²) in [6.45, 7) is 3.39. The molecule has 0 amide bonds. The van der Waals surface area contributed by atoms with Crippen molar-refractivity contribution in [3.63, 3.8) is 0 Å². The smallest absolute Gasteiger partial charge is 0.118 e. The average molecular weight is 375 g/mol. The van der Waals surface area contributed by atoms with E-state index in [9.17, 15) is 0 Å². The predicted molar refractivity (Wildman–Crippen MR) is 43.7 cm³/mol. The topological polar surface area (TPSA) is 23.3 Å². The minimum atomic E-state index is 0. The first-order valence-corrected chi connectivity index (χ1v) is 3.72. The van der Waals surface area contributed by atoms with Crippen molar-refractivity contribution in [2.75, 3.05) is 6.73 Å². The molecule has 1 aromatic rings. The van der Waals surface area contributed by atoms with E-state index in [1.165, 1.54) is 11.1 Å². The van der Waals surface area contributed by atoms with Crippen LogP contribution in [0, 0.1) is 51.0 Å². The fourth-order valence-electron chi connectivity index (χ4n) is 1.25. The van der Waals surface area contributed by atoms with E-state index in [0.29, 0.717) is 6.73 Å². The summed E-state index contributed by atoms with van der Waals surface area (Å²) in [6.07, 6.45) is 0. The number of hydrogen-bond donors (Lipinski definition) is 0. The number of aryl methyl sites for hydroxylation is 1. The van der Waals surface area contributed by atoms with Gasteiger partial charge in [-0.1, -0.05) is 17.7 Å². The first-order valence-electron chi connectivity index (χ1n) is 3.72. The van der Waals surface area contributed by atoms with Crippen LogP contribution in [0.25, 0.3) is 5.32 Å². The Kier molecular flexibility index (Phi) is 4.03. The third-order valence-corrected chi connectivity index (χ3v) is 1.81. The van der Waals surface area contributed by atoms with Gasteiger partial charge in [-0.2, -0.15) is 0 Å². The van der Waals surface area contributed by atoms with Crippen LogP contribution in [-0.4, -0.2) is 6.73 Å². The summed E-state index contributed by atoms with van der Waals surface area (Å²) >= 11 is 0. The molecule has 2 rings (SSSR count). The van der Waals surface area contributed by atoms with Gasteiger partial charge in [0.25, 0.3) is 0 Å². The Morgan fingerprint density at radius 3 is 3.08 bits per heavy atom. The van der Waals surface area contributed by atoms with Crippen LogP contribution in [0.3, 0.4) is 0 Å². The number of hydrogen-bond acceptors (Lipinski definition) is 1. The average Bonchev–Trinajstić information content (AvgIpc) is 2.04. The second-order valence-corrected chi connectivity index (χ2v) is 2.77. The first-order chi connectivity index (χ1) is 5.36. The van der Waals surface area contributed by atoms with E-state index in [1.807, 2.05) is 6.07 Å². The molecule has 1 aromatic carbocycles. The van der Waals surface area contributed by atoms with Crippen LogP contribution in [0.1, 0.15) is 11.1 Å². The Hall–Kier alpha value is 0.422. The molecule has 1 heterocycles. The molecule has 0 saturated heterocycles. The van der Waals surface area contributed by atoms with Crippen LogP contribution < -0.4 is 4.74 Å². The molecular weight excluding hydrogens is 365 g/mol. The van der Waals surface area contributed by atoms with Crippen molar-refractivity contribution >= 4 is 0 Å². The molecule has 0 aliphatic carbocycles. The van der Waals surface area contributed by atoms with E-state index in [4.69, 9.17) is 4.74 Å². The van der Waals surface area contributed by atoms with Crippen LogP contribution in [-0.2, 0) is 6.54 Å². The fourth-order valence-corrected chi connectivity index (χ4v) is 1.25. The number of benzene rings is 1. The molecule has 61 valence electrons. The Balaban J connectivity index is 0.000000720. The van der Waals surface area contributed by atoms with Crippen molar-refractivity contribution in [2.24, 2.45) is 0 Å². The molecule has 0 bridgehead atoms. The Labute approximate surface area is 108 Å². The maximum atomic E-state index is 5.31. The predicted octanol–water partition coefficient (Wildman–Crippen LogP) is 2.22. The molecule has 3 heteroatoms. The summed E-state index contributed by atoms with van der Waals surface area (Å²) in [5.74, 6) is 0.991. The zero-order valence-electron chi connectivity index (χ0n) is 7.08. The standard InChI is InChI=1S/C9H10NO.Ac/c1-7-2-3-9-8(4-7)5-10-6-11-9;/h2-4H,5-6H2,1H3;/q-1;. The number of fused-ring (bicyclic) bond motifs is 1. The van der Waals surface area contributed by atoms with Crippen molar-refractivity contribution in [1.82, 2.24) is 0 Å². The van der Waals surface area contributed by atoms with E-state index >= 15 is 0 Å². The molecule has 2 nitrogen and oxygen atoms in total. The molecule has 0 aromatic heterocycles. The van der Waals surface area contributed by atoms with Gasteiger partial charge in [0.1, 0.15) is 5.75 Å². The van der Waals surface area contributed by atoms with Crippen LogP contribution in [0.15, 0.2) is 18.2 Å². The number of rotatable bonds is 0. The molecule has 1 aliphatic heterocycles. The molecule has 0 saturated carbocycles. The van der Waals surface area contributed by atoms with Gasteiger partial charge in [-0.05, 0) is 18.6 Å². The van der Waals surface area contributed by atoms with Crippen molar-refractivity contribution in [1.29, 1.82) is 0 Å². The van der Waals surface area contributed by atoms with E-state index in [1.54, 1.807) is 0 Å². The number of nitrogens with zero attached hydrogens (tertiary/aromatic N) is 1. The summed E-state index contributed by atoms with van der Waals surface area (Å²) in [5.41, 5.74) is 2.47. The van der Waals surface area contributed by atoms with Gasteiger partial charge < -0.3 is 10.1 Å². The Bertz CT molecular complexity index is 275. The summed E-state index contributed by atoms with van der Waals surface area (Å²) in [7, 11) is 0. The molecule has 0 unspecified atom stereocenters. The van der Waals surface area contributed by atoms with Gasteiger partial charge in [0.05, 0.1) is 0 Å². The van der Waals surface area contributed by atoms with Crippen LogP contribution in [0.4, 0.5) is 0 Å². The van der Waals surface area contributed by atoms with Gasteiger partial charge in [-0.15, -0.1) is 6.54 Å². The van der Waals surface area contributed by atoms with E-state index in [2.05, 4.69) is 24.4 Å². The van der Waals surface area contributed by atoms with Gasteiger partial charge >= 0.3 is 0 Å². The normalized spacial score (nSPS) is 14.1. The first kappa shape index (κ1) is 10.5. The Morgan fingerprint density at radius 1 is 1.42 bits per heavy atom. The third kappa shape index (κ3) is 2.22. The second kappa shape index (κ2) is 4.60. The van der Waals surface area contributed by atoms with Gasteiger partial charge in [0.15, 0.2) is 0 Å². The third-order valence-electron chi connectivity index (χ3n) is 1.81. The molecule has 12 heavy (non-hydrogen) atoms. The summed E-state index contributed by atoms with van der Waals surface area (Å²) in [6, 6.07) is 6.20. The van der Waals surface area contributed by atoms with Gasteiger partial charge in [-0.25, -0.2) is 0 Å². The molecule has 0 fully saturated rings. The SMILES string of the molecule is Cc1ccc2c(c1)C[N-]CO2.[Ac]. The quantitative estimate of drug-likeness (QED) is 0.682.